The van der Waals surface area contributed by atoms with Gasteiger partial charge in [-0.15, -0.1) is 0 Å². The highest BCUT2D eigenvalue weighted by molar-refractivity contribution is 7.92. The predicted molar refractivity (Wildman–Crippen MR) is 77.5 cm³/mol. The number of hydrogen-bond donors (Lipinski definition) is 2. The van der Waals surface area contributed by atoms with Crippen molar-refractivity contribution in [2.75, 3.05) is 30.6 Å². The molecule has 1 aromatic rings. The van der Waals surface area contributed by atoms with Gasteiger partial charge in [-0.05, 0) is 43.6 Å². The molecular formula is C13H21N3O2S. The van der Waals surface area contributed by atoms with Gasteiger partial charge in [0.15, 0.2) is 0 Å². The van der Waals surface area contributed by atoms with Crippen molar-refractivity contribution in [2.24, 2.45) is 5.73 Å². The van der Waals surface area contributed by atoms with Crippen LogP contribution in [0.15, 0.2) is 24.3 Å². The Morgan fingerprint density at radius 3 is 2.68 bits per heavy atom. The number of benzene rings is 1. The number of anilines is 1. The fourth-order valence-electron chi connectivity index (χ4n) is 2.40. The standard InChI is InChI=1S/C13H21N3O2S/c1-19(17,18)15-12-6-4-5-11(9-12)13(14)10-16-7-2-3-8-16/h4-6,9,13,15H,2-3,7-8,10,14H2,1H3. The lowest BCUT2D eigenvalue weighted by molar-refractivity contribution is 0.316. The normalized spacial score (nSPS) is 18.4. The average molecular weight is 283 g/mol. The van der Waals surface area contributed by atoms with E-state index in [1.807, 2.05) is 18.2 Å². The first-order valence-electron chi connectivity index (χ1n) is 6.50. The van der Waals surface area contributed by atoms with E-state index in [4.69, 9.17) is 5.73 Å². The fraction of sp³-hybridized carbons (Fsp3) is 0.538. The molecule has 1 aliphatic heterocycles. The molecule has 6 heteroatoms. The largest absolute Gasteiger partial charge is 0.323 e. The van der Waals surface area contributed by atoms with Crippen LogP contribution in [0.2, 0.25) is 0 Å². The third kappa shape index (κ3) is 4.49. The molecule has 1 fully saturated rings. The van der Waals surface area contributed by atoms with Crippen LogP contribution in [-0.4, -0.2) is 39.2 Å². The molecule has 0 saturated carbocycles. The summed E-state index contributed by atoms with van der Waals surface area (Å²) < 4.78 is 24.9. The molecule has 2 rings (SSSR count). The van der Waals surface area contributed by atoms with Gasteiger partial charge in [0.1, 0.15) is 0 Å². The van der Waals surface area contributed by atoms with Crippen molar-refractivity contribution >= 4 is 15.7 Å². The highest BCUT2D eigenvalue weighted by Gasteiger charge is 2.16. The SMILES string of the molecule is CS(=O)(=O)Nc1cccc(C(N)CN2CCCC2)c1. The zero-order valence-electron chi connectivity index (χ0n) is 11.2. The van der Waals surface area contributed by atoms with E-state index in [2.05, 4.69) is 9.62 Å². The van der Waals surface area contributed by atoms with Crippen molar-refractivity contribution in [1.82, 2.24) is 4.90 Å². The molecule has 0 aliphatic carbocycles. The van der Waals surface area contributed by atoms with Crippen molar-refractivity contribution in [3.05, 3.63) is 29.8 Å². The van der Waals surface area contributed by atoms with E-state index in [1.165, 1.54) is 12.8 Å². The summed E-state index contributed by atoms with van der Waals surface area (Å²) in [5, 5.41) is 0. The summed E-state index contributed by atoms with van der Waals surface area (Å²) in [6, 6.07) is 7.22. The molecule has 1 saturated heterocycles. The van der Waals surface area contributed by atoms with Crippen LogP contribution in [0.25, 0.3) is 0 Å². The lowest BCUT2D eigenvalue weighted by atomic mass is 10.1. The topological polar surface area (TPSA) is 75.4 Å². The number of hydrogen-bond acceptors (Lipinski definition) is 4. The van der Waals surface area contributed by atoms with E-state index in [9.17, 15) is 8.42 Å². The molecule has 0 spiro atoms. The van der Waals surface area contributed by atoms with Gasteiger partial charge < -0.3 is 10.6 Å². The van der Waals surface area contributed by atoms with Crippen molar-refractivity contribution in [1.29, 1.82) is 0 Å². The second-order valence-corrected chi connectivity index (χ2v) is 6.86. The molecule has 0 bridgehead atoms. The molecule has 106 valence electrons. The molecule has 5 nitrogen and oxygen atoms in total. The van der Waals surface area contributed by atoms with Crippen LogP contribution in [0.4, 0.5) is 5.69 Å². The molecule has 1 aromatic carbocycles. The second kappa shape index (κ2) is 5.90. The Morgan fingerprint density at radius 2 is 2.05 bits per heavy atom. The Balaban J connectivity index is 2.04. The van der Waals surface area contributed by atoms with Crippen LogP contribution in [0, 0.1) is 0 Å². The van der Waals surface area contributed by atoms with Crippen LogP contribution in [0.1, 0.15) is 24.4 Å². The lowest BCUT2D eigenvalue weighted by Gasteiger charge is -2.20. The first kappa shape index (κ1) is 14.3. The highest BCUT2D eigenvalue weighted by atomic mass is 32.2. The summed E-state index contributed by atoms with van der Waals surface area (Å²) in [5.74, 6) is 0. The zero-order chi connectivity index (χ0) is 13.9. The monoisotopic (exact) mass is 283 g/mol. The maximum absolute atomic E-state index is 11.2. The van der Waals surface area contributed by atoms with Gasteiger partial charge >= 0.3 is 0 Å². The quantitative estimate of drug-likeness (QED) is 0.850. The van der Waals surface area contributed by atoms with Crippen LogP contribution >= 0.6 is 0 Å². The first-order chi connectivity index (χ1) is 8.94. The Hall–Kier alpha value is -1.11. The van der Waals surface area contributed by atoms with Gasteiger partial charge in [0.2, 0.25) is 10.0 Å². The molecular weight excluding hydrogens is 262 g/mol. The van der Waals surface area contributed by atoms with Gasteiger partial charge in [-0.25, -0.2) is 8.42 Å². The van der Waals surface area contributed by atoms with Gasteiger partial charge in [0, 0.05) is 18.3 Å². The van der Waals surface area contributed by atoms with E-state index < -0.39 is 10.0 Å². The van der Waals surface area contributed by atoms with E-state index in [0.717, 1.165) is 31.5 Å². The zero-order valence-corrected chi connectivity index (χ0v) is 12.0. The van der Waals surface area contributed by atoms with Crippen LogP contribution < -0.4 is 10.5 Å². The molecule has 0 aromatic heterocycles. The maximum Gasteiger partial charge on any atom is 0.229 e. The van der Waals surface area contributed by atoms with Gasteiger partial charge in [0.05, 0.1) is 6.26 Å². The Bertz CT molecular complexity index is 524. The number of nitrogens with one attached hydrogen (secondary N) is 1. The minimum absolute atomic E-state index is 0.0839. The number of sulfonamides is 1. The number of nitrogens with zero attached hydrogens (tertiary/aromatic N) is 1. The molecule has 1 atom stereocenters. The van der Waals surface area contributed by atoms with Gasteiger partial charge in [0.25, 0.3) is 0 Å². The molecule has 19 heavy (non-hydrogen) atoms. The van der Waals surface area contributed by atoms with Crippen molar-refractivity contribution in [3.63, 3.8) is 0 Å². The molecule has 1 aliphatic rings. The van der Waals surface area contributed by atoms with E-state index in [0.29, 0.717) is 5.69 Å². The fourth-order valence-corrected chi connectivity index (χ4v) is 2.95. The first-order valence-corrected chi connectivity index (χ1v) is 8.39. The van der Waals surface area contributed by atoms with Gasteiger partial charge in [-0.3, -0.25) is 4.72 Å². The summed E-state index contributed by atoms with van der Waals surface area (Å²) in [4.78, 5) is 2.35. The Labute approximate surface area is 114 Å². The predicted octanol–water partition coefficient (Wildman–Crippen LogP) is 1.15. The smallest absolute Gasteiger partial charge is 0.229 e. The van der Waals surface area contributed by atoms with Gasteiger partial charge in [-0.2, -0.15) is 0 Å². The Morgan fingerprint density at radius 1 is 1.37 bits per heavy atom. The average Bonchev–Trinajstić information content (AvgIpc) is 2.80. The molecule has 0 amide bonds. The molecule has 0 radical (unpaired) electrons. The minimum atomic E-state index is -3.24. The molecule has 1 unspecified atom stereocenters. The summed E-state index contributed by atoms with van der Waals surface area (Å²) in [5.41, 5.74) is 7.71. The Kier molecular flexibility index (Phi) is 4.44. The number of likely N-dealkylation sites (tertiary alicyclic amines) is 1. The molecule has 1 heterocycles. The third-order valence-corrected chi connectivity index (χ3v) is 3.88. The number of rotatable bonds is 5. The van der Waals surface area contributed by atoms with E-state index >= 15 is 0 Å². The summed E-state index contributed by atoms with van der Waals surface area (Å²) in [6.07, 6.45) is 3.62. The lowest BCUT2D eigenvalue weighted by Crippen LogP contribution is -2.29. The summed E-state index contributed by atoms with van der Waals surface area (Å²) in [6.45, 7) is 3.03. The van der Waals surface area contributed by atoms with Crippen LogP contribution in [-0.2, 0) is 10.0 Å². The summed E-state index contributed by atoms with van der Waals surface area (Å²) >= 11 is 0. The highest BCUT2D eigenvalue weighted by Crippen LogP contribution is 2.19. The minimum Gasteiger partial charge on any atom is -0.323 e. The van der Waals surface area contributed by atoms with Crippen molar-refractivity contribution in [3.8, 4) is 0 Å². The van der Waals surface area contributed by atoms with Crippen molar-refractivity contribution in [2.45, 2.75) is 18.9 Å². The van der Waals surface area contributed by atoms with Crippen LogP contribution in [0.3, 0.4) is 0 Å². The number of nitrogens with two attached hydrogens (primary N) is 1. The maximum atomic E-state index is 11.2. The van der Waals surface area contributed by atoms with Gasteiger partial charge in [-0.1, -0.05) is 12.1 Å². The van der Waals surface area contributed by atoms with Crippen molar-refractivity contribution < 1.29 is 8.42 Å². The third-order valence-electron chi connectivity index (χ3n) is 3.27. The molecule has 3 N–H and O–H groups in total. The van der Waals surface area contributed by atoms with E-state index in [1.54, 1.807) is 6.07 Å². The van der Waals surface area contributed by atoms with E-state index in [-0.39, 0.29) is 6.04 Å². The second-order valence-electron chi connectivity index (χ2n) is 5.11. The van der Waals surface area contributed by atoms with Crippen LogP contribution in [0.5, 0.6) is 0 Å². The summed E-state index contributed by atoms with van der Waals surface area (Å²) in [7, 11) is -3.24.